The van der Waals surface area contributed by atoms with E-state index in [1.54, 1.807) is 6.07 Å². The molecule has 0 fully saturated rings. The number of ether oxygens (including phenoxy) is 1. The van der Waals surface area contributed by atoms with E-state index in [0.29, 0.717) is 6.42 Å². The van der Waals surface area contributed by atoms with Crippen LogP contribution in [0.3, 0.4) is 0 Å². The number of hydrogen-bond donors (Lipinski definition) is 1. The van der Waals surface area contributed by atoms with Gasteiger partial charge >= 0.3 is 5.97 Å². The Kier molecular flexibility index (Phi) is 5.10. The van der Waals surface area contributed by atoms with E-state index in [9.17, 15) is 14.3 Å². The number of nitriles is 1. The largest absolute Gasteiger partial charge is 0.479 e. The Morgan fingerprint density at radius 2 is 2.00 bits per heavy atom. The minimum Gasteiger partial charge on any atom is -0.479 e. The molecule has 0 spiro atoms. The van der Waals surface area contributed by atoms with Gasteiger partial charge in [-0.1, -0.05) is 30.3 Å². The Bertz CT molecular complexity index is 695. The summed E-state index contributed by atoms with van der Waals surface area (Å²) < 4.78 is 18.8. The maximum atomic E-state index is 13.5. The predicted molar refractivity (Wildman–Crippen MR) is 77.9 cm³/mol. The third-order valence-corrected chi connectivity index (χ3v) is 3.15. The molecule has 0 aliphatic rings. The lowest BCUT2D eigenvalue weighted by molar-refractivity contribution is -0.145. The van der Waals surface area contributed by atoms with Crippen LogP contribution in [-0.2, 0) is 11.2 Å². The number of aliphatic carboxylic acids is 1. The minimum atomic E-state index is -1.11. The molecule has 0 amide bonds. The maximum Gasteiger partial charge on any atom is 0.344 e. The lowest BCUT2D eigenvalue weighted by atomic mass is 10.1. The van der Waals surface area contributed by atoms with Crippen LogP contribution in [0.25, 0.3) is 0 Å². The minimum absolute atomic E-state index is 0.0944. The number of rotatable bonds is 6. The second-order valence-electron chi connectivity index (χ2n) is 4.72. The first-order chi connectivity index (χ1) is 10.6. The molecule has 0 radical (unpaired) electrons. The van der Waals surface area contributed by atoms with Crippen molar-refractivity contribution in [1.29, 1.82) is 5.26 Å². The normalized spacial score (nSPS) is 11.5. The van der Waals surface area contributed by atoms with Crippen LogP contribution in [0.4, 0.5) is 4.39 Å². The summed E-state index contributed by atoms with van der Waals surface area (Å²) in [6, 6.07) is 14.8. The third kappa shape index (κ3) is 4.06. The molecule has 112 valence electrons. The number of aryl methyl sites for hydroxylation is 1. The number of carboxylic acids is 1. The van der Waals surface area contributed by atoms with Crippen LogP contribution in [0.15, 0.2) is 48.5 Å². The number of carbonyl (C=O) groups is 1. The van der Waals surface area contributed by atoms with Crippen molar-refractivity contribution in [3.05, 3.63) is 65.5 Å². The highest BCUT2D eigenvalue weighted by atomic mass is 19.1. The molecule has 2 aromatic carbocycles. The highest BCUT2D eigenvalue weighted by molar-refractivity contribution is 5.72. The van der Waals surface area contributed by atoms with Crippen molar-refractivity contribution in [3.8, 4) is 11.8 Å². The highest BCUT2D eigenvalue weighted by Crippen LogP contribution is 2.19. The van der Waals surface area contributed by atoms with Crippen LogP contribution in [0, 0.1) is 17.1 Å². The van der Waals surface area contributed by atoms with Gasteiger partial charge in [0, 0.05) is 6.07 Å². The van der Waals surface area contributed by atoms with Crippen molar-refractivity contribution in [3.63, 3.8) is 0 Å². The summed E-state index contributed by atoms with van der Waals surface area (Å²) in [5, 5.41) is 17.9. The molecule has 0 saturated heterocycles. The molecule has 1 unspecified atom stereocenters. The molecule has 4 nitrogen and oxygen atoms in total. The van der Waals surface area contributed by atoms with E-state index in [-0.39, 0.29) is 17.7 Å². The fourth-order valence-electron chi connectivity index (χ4n) is 2.00. The zero-order chi connectivity index (χ0) is 15.9. The molecule has 1 atom stereocenters. The van der Waals surface area contributed by atoms with Crippen LogP contribution in [-0.4, -0.2) is 17.2 Å². The van der Waals surface area contributed by atoms with Gasteiger partial charge in [0.15, 0.2) is 6.10 Å². The van der Waals surface area contributed by atoms with Crippen molar-refractivity contribution in [2.45, 2.75) is 18.9 Å². The van der Waals surface area contributed by atoms with Crippen molar-refractivity contribution in [2.75, 3.05) is 0 Å². The van der Waals surface area contributed by atoms with Gasteiger partial charge in [0.2, 0.25) is 0 Å². The van der Waals surface area contributed by atoms with E-state index in [1.807, 2.05) is 30.3 Å². The molecule has 1 N–H and O–H groups in total. The summed E-state index contributed by atoms with van der Waals surface area (Å²) in [5.74, 6) is -1.75. The second kappa shape index (κ2) is 7.23. The quantitative estimate of drug-likeness (QED) is 0.889. The SMILES string of the molecule is N#Cc1ccc(OC(CCc2ccccc2)C(=O)O)cc1F. The second-order valence-corrected chi connectivity index (χ2v) is 4.72. The third-order valence-electron chi connectivity index (χ3n) is 3.15. The van der Waals surface area contributed by atoms with Gasteiger partial charge in [-0.3, -0.25) is 0 Å². The van der Waals surface area contributed by atoms with Crippen LogP contribution in [0.2, 0.25) is 0 Å². The molecule has 22 heavy (non-hydrogen) atoms. The van der Waals surface area contributed by atoms with Gasteiger partial charge in [0.05, 0.1) is 5.56 Å². The Labute approximate surface area is 127 Å². The van der Waals surface area contributed by atoms with E-state index in [1.165, 1.54) is 12.1 Å². The van der Waals surface area contributed by atoms with Crippen LogP contribution < -0.4 is 4.74 Å². The molecule has 0 aliphatic heterocycles. The molecule has 0 heterocycles. The van der Waals surface area contributed by atoms with E-state index in [4.69, 9.17) is 10.00 Å². The van der Waals surface area contributed by atoms with Crippen molar-refractivity contribution in [2.24, 2.45) is 0 Å². The first kappa shape index (κ1) is 15.5. The van der Waals surface area contributed by atoms with Crippen LogP contribution >= 0.6 is 0 Å². The van der Waals surface area contributed by atoms with Gasteiger partial charge in [0.25, 0.3) is 0 Å². The number of nitrogens with zero attached hydrogens (tertiary/aromatic N) is 1. The zero-order valence-corrected chi connectivity index (χ0v) is 11.7. The summed E-state index contributed by atoms with van der Waals surface area (Å²) >= 11 is 0. The fourth-order valence-corrected chi connectivity index (χ4v) is 2.00. The lowest BCUT2D eigenvalue weighted by Crippen LogP contribution is -2.27. The maximum absolute atomic E-state index is 13.5. The smallest absolute Gasteiger partial charge is 0.344 e. The summed E-state index contributed by atoms with van der Waals surface area (Å²) in [7, 11) is 0. The average molecular weight is 299 g/mol. The lowest BCUT2D eigenvalue weighted by Gasteiger charge is -2.15. The standard InChI is InChI=1S/C17H14FNO3/c18-15-10-14(8-7-13(15)11-19)22-16(17(20)21)9-6-12-4-2-1-3-5-12/h1-5,7-8,10,16H,6,9H2,(H,20,21). The molecule has 5 heteroatoms. The summed E-state index contributed by atoms with van der Waals surface area (Å²) in [4.78, 5) is 11.3. The summed E-state index contributed by atoms with van der Waals surface area (Å²) in [6.07, 6.45) is -0.273. The van der Waals surface area contributed by atoms with E-state index >= 15 is 0 Å². The Morgan fingerprint density at radius 1 is 1.27 bits per heavy atom. The Balaban J connectivity index is 2.04. The van der Waals surface area contributed by atoms with Gasteiger partial charge in [-0.25, -0.2) is 9.18 Å². The Hall–Kier alpha value is -2.87. The first-order valence-corrected chi connectivity index (χ1v) is 6.73. The number of hydrogen-bond acceptors (Lipinski definition) is 3. The van der Waals surface area contributed by atoms with Gasteiger partial charge in [0.1, 0.15) is 17.6 Å². The van der Waals surface area contributed by atoms with E-state index < -0.39 is 17.9 Å². The summed E-state index contributed by atoms with van der Waals surface area (Å²) in [5.41, 5.74) is 0.895. The fraction of sp³-hybridized carbons (Fsp3) is 0.176. The van der Waals surface area contributed by atoms with Gasteiger partial charge in [-0.15, -0.1) is 0 Å². The molecule has 0 saturated carbocycles. The van der Waals surface area contributed by atoms with Gasteiger partial charge in [-0.05, 0) is 30.5 Å². The molecule has 0 aliphatic carbocycles. The number of benzene rings is 2. The number of halogens is 1. The summed E-state index contributed by atoms with van der Waals surface area (Å²) in [6.45, 7) is 0. The highest BCUT2D eigenvalue weighted by Gasteiger charge is 2.20. The van der Waals surface area contributed by atoms with E-state index in [0.717, 1.165) is 11.6 Å². The molecule has 0 aromatic heterocycles. The van der Waals surface area contributed by atoms with Crippen molar-refractivity contribution in [1.82, 2.24) is 0 Å². The molecule has 2 rings (SSSR count). The first-order valence-electron chi connectivity index (χ1n) is 6.73. The van der Waals surface area contributed by atoms with Crippen LogP contribution in [0.1, 0.15) is 17.5 Å². The predicted octanol–water partition coefficient (Wildman–Crippen LogP) is 3.16. The molecule has 2 aromatic rings. The number of carboxylic acid groups (broad SMARTS) is 1. The molecular formula is C17H14FNO3. The van der Waals surface area contributed by atoms with Crippen molar-refractivity contribution >= 4 is 5.97 Å². The monoisotopic (exact) mass is 299 g/mol. The molecular weight excluding hydrogens is 285 g/mol. The van der Waals surface area contributed by atoms with Gasteiger partial charge in [-0.2, -0.15) is 5.26 Å². The van der Waals surface area contributed by atoms with Crippen LogP contribution in [0.5, 0.6) is 5.75 Å². The zero-order valence-electron chi connectivity index (χ0n) is 11.7. The molecule has 0 bridgehead atoms. The van der Waals surface area contributed by atoms with E-state index in [2.05, 4.69) is 0 Å². The van der Waals surface area contributed by atoms with Gasteiger partial charge < -0.3 is 9.84 Å². The van der Waals surface area contributed by atoms with Crippen molar-refractivity contribution < 1.29 is 19.0 Å². The topological polar surface area (TPSA) is 70.3 Å². The Morgan fingerprint density at radius 3 is 2.59 bits per heavy atom. The average Bonchev–Trinajstić information content (AvgIpc) is 2.52.